The van der Waals surface area contributed by atoms with Crippen molar-refractivity contribution in [2.45, 2.75) is 88.7 Å². The van der Waals surface area contributed by atoms with Crippen molar-refractivity contribution in [3.63, 3.8) is 0 Å². The molecule has 0 spiro atoms. The second-order valence-corrected chi connectivity index (χ2v) is 17.2. The van der Waals surface area contributed by atoms with E-state index in [0.717, 1.165) is 16.7 Å². The van der Waals surface area contributed by atoms with E-state index in [0.29, 0.717) is 22.7 Å². The summed E-state index contributed by atoms with van der Waals surface area (Å²) in [4.78, 5) is 34.1. The topological polar surface area (TPSA) is 152 Å². The van der Waals surface area contributed by atoms with E-state index < -0.39 is 45.8 Å². The van der Waals surface area contributed by atoms with Crippen molar-refractivity contribution in [1.82, 2.24) is 24.8 Å². The summed E-state index contributed by atoms with van der Waals surface area (Å²) in [6.45, 7) is 9.36. The van der Waals surface area contributed by atoms with E-state index in [4.69, 9.17) is 0 Å². The molecule has 48 heavy (non-hydrogen) atoms. The van der Waals surface area contributed by atoms with Crippen molar-refractivity contribution in [1.29, 1.82) is 0 Å². The van der Waals surface area contributed by atoms with Crippen LogP contribution in [0.3, 0.4) is 0 Å². The van der Waals surface area contributed by atoms with Crippen LogP contribution in [0.1, 0.15) is 59.8 Å². The molecule has 0 radical (unpaired) electrons. The first-order chi connectivity index (χ1) is 22.6. The third-order valence-electron chi connectivity index (χ3n) is 8.90. The molecule has 0 saturated carbocycles. The molecule has 1 aliphatic heterocycles. The van der Waals surface area contributed by atoms with Gasteiger partial charge in [0.15, 0.2) is 5.03 Å². The number of nitrogens with one attached hydrogen (secondary N) is 2. The Morgan fingerprint density at radius 1 is 1.06 bits per heavy atom. The largest absolute Gasteiger partial charge is 0.392 e. The van der Waals surface area contributed by atoms with Crippen LogP contribution in [0.2, 0.25) is 0 Å². The molecule has 3 aromatic rings. The SMILES string of the molecule is Cc1nc(S(=O)(=O)N2CCN(C[C@@H](O)C[C@H](Cc3ccccc3)C(=O)N[C@H]3c4ccccc4C[C@H]3O)[C@H](C(=O)NC(C)(C)C)C2)c(C)s1. The van der Waals surface area contributed by atoms with Crippen molar-refractivity contribution in [3.05, 3.63) is 81.2 Å². The van der Waals surface area contributed by atoms with Gasteiger partial charge in [0.2, 0.25) is 11.8 Å². The smallest absolute Gasteiger partial charge is 0.261 e. The highest BCUT2D eigenvalue weighted by atomic mass is 32.2. The molecule has 1 aliphatic carbocycles. The zero-order chi connectivity index (χ0) is 34.8. The number of aliphatic hydroxyl groups is 2. The zero-order valence-electron chi connectivity index (χ0n) is 28.2. The van der Waals surface area contributed by atoms with E-state index in [1.54, 1.807) is 13.8 Å². The predicted molar refractivity (Wildman–Crippen MR) is 185 cm³/mol. The molecule has 2 aliphatic rings. The first-order valence-corrected chi connectivity index (χ1v) is 18.7. The number of piperazine rings is 1. The molecule has 2 heterocycles. The molecule has 5 rings (SSSR count). The lowest BCUT2D eigenvalue weighted by Crippen LogP contribution is -2.62. The molecular weight excluding hydrogens is 651 g/mol. The fourth-order valence-electron chi connectivity index (χ4n) is 6.68. The number of rotatable bonds is 11. The zero-order valence-corrected chi connectivity index (χ0v) is 29.9. The normalized spacial score (nSPS) is 21.8. The van der Waals surface area contributed by atoms with Crippen LogP contribution in [0.4, 0.5) is 0 Å². The summed E-state index contributed by atoms with van der Waals surface area (Å²) < 4.78 is 28.6. The summed E-state index contributed by atoms with van der Waals surface area (Å²) in [6.07, 6.45) is -0.814. The molecule has 1 fully saturated rings. The van der Waals surface area contributed by atoms with Crippen molar-refractivity contribution in [3.8, 4) is 0 Å². The minimum Gasteiger partial charge on any atom is -0.392 e. The summed E-state index contributed by atoms with van der Waals surface area (Å²) in [6, 6.07) is 15.8. The number of β-amino-alcohol motifs (C(OH)–C–C–N with tert-alkyl or cyclic N) is 1. The lowest BCUT2D eigenvalue weighted by Gasteiger charge is -2.41. The van der Waals surface area contributed by atoms with Gasteiger partial charge in [-0.15, -0.1) is 11.3 Å². The van der Waals surface area contributed by atoms with E-state index >= 15 is 0 Å². The summed E-state index contributed by atoms with van der Waals surface area (Å²) in [5.74, 6) is -1.24. The van der Waals surface area contributed by atoms with Gasteiger partial charge in [-0.3, -0.25) is 14.5 Å². The standard InChI is InChI=1S/C35H47N5O6S2/c1-22-34(36-23(2)47-22)48(45,46)40-16-15-39(29(21-40)33(44)38-35(3,4)5)20-27(41)18-26(17-24-11-7-6-8-12-24)32(43)37-31-28-14-10-9-13-25(28)19-30(31)42/h6-14,26-27,29-31,41-42H,15-21H2,1-5H3,(H,37,43)(H,38,44)/t26-,27-,29-,30+,31-/m0/s1. The molecule has 0 bridgehead atoms. The third kappa shape index (κ3) is 8.50. The number of nitrogens with zero attached hydrogens (tertiary/aromatic N) is 3. The van der Waals surface area contributed by atoms with Crippen molar-refractivity contribution >= 4 is 33.2 Å². The number of hydrogen-bond donors (Lipinski definition) is 4. The van der Waals surface area contributed by atoms with Crippen LogP contribution in [-0.2, 0) is 32.5 Å². The monoisotopic (exact) mass is 697 g/mol. The van der Waals surface area contributed by atoms with Gasteiger partial charge in [-0.25, -0.2) is 13.4 Å². The van der Waals surface area contributed by atoms with Gasteiger partial charge in [-0.05, 0) is 64.2 Å². The number of sulfonamides is 1. The molecule has 4 N–H and O–H groups in total. The first kappa shape index (κ1) is 36.1. The van der Waals surface area contributed by atoms with Crippen LogP contribution >= 0.6 is 11.3 Å². The maximum atomic E-state index is 13.8. The average molecular weight is 698 g/mol. The van der Waals surface area contributed by atoms with Gasteiger partial charge in [-0.2, -0.15) is 4.31 Å². The highest BCUT2D eigenvalue weighted by Crippen LogP contribution is 2.32. The van der Waals surface area contributed by atoms with Gasteiger partial charge in [0, 0.05) is 48.9 Å². The maximum Gasteiger partial charge on any atom is 0.261 e. The molecule has 260 valence electrons. The molecule has 1 saturated heterocycles. The van der Waals surface area contributed by atoms with Crippen LogP contribution < -0.4 is 10.6 Å². The van der Waals surface area contributed by atoms with Gasteiger partial charge in [0.05, 0.1) is 23.3 Å². The number of fused-ring (bicyclic) bond motifs is 1. The van der Waals surface area contributed by atoms with Gasteiger partial charge < -0.3 is 20.8 Å². The Labute approximate surface area is 287 Å². The Balaban J connectivity index is 1.33. The summed E-state index contributed by atoms with van der Waals surface area (Å²) in [5, 5.41) is 29.0. The quantitative estimate of drug-likeness (QED) is 0.239. The van der Waals surface area contributed by atoms with E-state index in [1.807, 2.05) is 80.3 Å². The number of aryl methyl sites for hydroxylation is 2. The van der Waals surface area contributed by atoms with E-state index in [9.17, 15) is 28.2 Å². The van der Waals surface area contributed by atoms with Gasteiger partial charge in [0.1, 0.15) is 6.04 Å². The molecule has 1 aromatic heterocycles. The molecule has 13 heteroatoms. The van der Waals surface area contributed by atoms with Gasteiger partial charge >= 0.3 is 0 Å². The van der Waals surface area contributed by atoms with Crippen molar-refractivity contribution in [2.75, 3.05) is 26.2 Å². The van der Waals surface area contributed by atoms with Crippen LogP contribution in [0, 0.1) is 19.8 Å². The van der Waals surface area contributed by atoms with E-state index in [-0.39, 0.29) is 49.4 Å². The van der Waals surface area contributed by atoms with Crippen LogP contribution in [0.25, 0.3) is 0 Å². The Morgan fingerprint density at radius 2 is 1.75 bits per heavy atom. The number of carbonyl (C=O) groups excluding carboxylic acids is 2. The minimum atomic E-state index is -3.95. The Bertz CT molecular complexity index is 1710. The molecule has 0 unspecified atom stereocenters. The van der Waals surface area contributed by atoms with Gasteiger partial charge in [-0.1, -0.05) is 54.6 Å². The summed E-state index contributed by atoms with van der Waals surface area (Å²) >= 11 is 1.31. The second-order valence-electron chi connectivity index (χ2n) is 13.9. The minimum absolute atomic E-state index is 0.0123. The number of amides is 2. The maximum absolute atomic E-state index is 13.8. The fraction of sp³-hybridized carbons (Fsp3) is 0.514. The number of aromatic nitrogens is 1. The van der Waals surface area contributed by atoms with E-state index in [1.165, 1.54) is 15.6 Å². The highest BCUT2D eigenvalue weighted by molar-refractivity contribution is 7.89. The summed E-state index contributed by atoms with van der Waals surface area (Å²) in [7, 11) is -3.95. The average Bonchev–Trinajstić information content (AvgIpc) is 3.53. The second kappa shape index (κ2) is 14.7. The number of hydrogen-bond acceptors (Lipinski definition) is 9. The number of thiazole rings is 1. The lowest BCUT2D eigenvalue weighted by atomic mass is 9.91. The highest BCUT2D eigenvalue weighted by Gasteiger charge is 2.41. The van der Waals surface area contributed by atoms with Crippen molar-refractivity contribution < 1.29 is 28.2 Å². The van der Waals surface area contributed by atoms with Crippen LogP contribution in [0.15, 0.2) is 59.6 Å². The molecule has 5 atom stereocenters. The Morgan fingerprint density at radius 3 is 2.42 bits per heavy atom. The number of benzene rings is 2. The molecule has 2 amide bonds. The van der Waals surface area contributed by atoms with E-state index in [2.05, 4.69) is 15.6 Å². The Kier molecular flexibility index (Phi) is 11.1. The van der Waals surface area contributed by atoms with Crippen LogP contribution in [0.5, 0.6) is 0 Å². The number of carbonyl (C=O) groups is 2. The van der Waals surface area contributed by atoms with Crippen LogP contribution in [-0.4, -0.2) is 94.6 Å². The molecular formula is C35H47N5O6S2. The predicted octanol–water partition coefficient (Wildman–Crippen LogP) is 2.73. The molecule has 11 nitrogen and oxygen atoms in total. The summed E-state index contributed by atoms with van der Waals surface area (Å²) in [5.41, 5.74) is 2.26. The third-order valence-corrected chi connectivity index (χ3v) is 11.8. The lowest BCUT2D eigenvalue weighted by molar-refractivity contribution is -0.131. The Hall–Kier alpha value is -3.20. The fourth-order valence-corrected chi connectivity index (χ4v) is 9.41. The van der Waals surface area contributed by atoms with Crippen molar-refractivity contribution in [2.24, 2.45) is 5.92 Å². The first-order valence-electron chi connectivity index (χ1n) is 16.4. The number of aliphatic hydroxyl groups excluding tert-OH is 2. The molecule has 2 aromatic carbocycles. The van der Waals surface area contributed by atoms with Gasteiger partial charge in [0.25, 0.3) is 10.0 Å².